The number of allylic oxidation sites excluding steroid dienone is 1. The van der Waals surface area contributed by atoms with E-state index in [1.54, 1.807) is 69.0 Å². The lowest BCUT2D eigenvalue weighted by Gasteiger charge is -2.33. The molecule has 47 heteroatoms. The number of fused-ring (bicyclic) bond motifs is 15. The number of hydrogen-bond donors (Lipinski definition) is 0. The number of ether oxygens (including phenoxy) is 10. The van der Waals surface area contributed by atoms with Gasteiger partial charge in [-0.1, -0.05) is 13.8 Å². The van der Waals surface area contributed by atoms with Crippen molar-refractivity contribution in [3.05, 3.63) is 132 Å². The third kappa shape index (κ3) is 19.3. The normalized spacial score (nSPS) is 21.1. The van der Waals surface area contributed by atoms with Gasteiger partial charge in [0.15, 0.2) is 125 Å². The van der Waals surface area contributed by atoms with E-state index in [1.165, 1.54) is 9.13 Å². The molecule has 44 nitrogen and oxygen atoms in total. The van der Waals surface area contributed by atoms with Crippen molar-refractivity contribution in [3.63, 3.8) is 0 Å². The maximum absolute atomic E-state index is 13.5. The minimum absolute atomic E-state index is 0.0685. The van der Waals surface area contributed by atoms with Crippen LogP contribution in [0.4, 0.5) is 42.3 Å². The van der Waals surface area contributed by atoms with Gasteiger partial charge in [-0.05, 0) is 108 Å². The second kappa shape index (κ2) is 40.0. The summed E-state index contributed by atoms with van der Waals surface area (Å²) in [5, 5.41) is 0. The monoisotopic (exact) mass is 1990 g/mol. The number of rotatable bonds is 12. The lowest BCUT2D eigenvalue weighted by Crippen LogP contribution is -2.37. The fourth-order valence-electron chi connectivity index (χ4n) is 18.7. The van der Waals surface area contributed by atoms with Crippen LogP contribution in [-0.4, -0.2) is 307 Å². The van der Waals surface area contributed by atoms with Crippen LogP contribution in [0.1, 0.15) is 147 Å². The molecule has 0 radical (unpaired) electrons. The number of anilines is 5. The number of imidazole rings is 5. The third-order valence-corrected chi connectivity index (χ3v) is 27.0. The van der Waals surface area contributed by atoms with Crippen molar-refractivity contribution in [3.8, 4) is 56.9 Å². The Morgan fingerprint density at radius 2 is 0.641 bits per heavy atom. The van der Waals surface area contributed by atoms with Crippen LogP contribution in [0.3, 0.4) is 0 Å². The van der Waals surface area contributed by atoms with Crippen LogP contribution < -0.4 is 24.5 Å². The lowest BCUT2D eigenvalue weighted by atomic mass is 10.0. The summed E-state index contributed by atoms with van der Waals surface area (Å²) < 4.78 is 155. The number of aromatic nitrogens is 29. The number of nitrogens with zero attached hydrogens (tertiary/aromatic N) is 34. The van der Waals surface area contributed by atoms with Crippen molar-refractivity contribution >= 4 is 90.6 Å². The SMILES string of the molecule is CC1=COC(C)(C)c2nc3c(N4CCOCC4)nc(-c4cnc(C)nc4)nc3n21.CC[C@@]1(C)OCCn2c1nc1c(N3CCOCC3)nc(-c3cnc(C)nc3)nc12.CC[C@]1(C)OCCn2c1nc1c(N3CCOCC3)nc(-c3cnc(C)nc3)nc12.Cc1ccc(-c2nc(N3CCOCC3)c3nc4n(c3n2)CCOC4C(F)(F)F)cn1.[2H]C([2H])([2H])C1(C([2H])([2H])[2H])OCCn2c1nc1c(N3CCOCC3)nc(-c3cnc(C)nc3)nc12. The molecule has 15 aromatic rings. The van der Waals surface area contributed by atoms with Gasteiger partial charge in [0, 0.05) is 167 Å². The van der Waals surface area contributed by atoms with Crippen molar-refractivity contribution < 1.29 is 68.8 Å². The molecule has 0 spiro atoms. The van der Waals surface area contributed by atoms with Crippen LogP contribution in [-0.2, 0) is 96.0 Å². The summed E-state index contributed by atoms with van der Waals surface area (Å²) in [4.78, 5) is 121. The van der Waals surface area contributed by atoms with E-state index < -0.39 is 48.4 Å². The summed E-state index contributed by atoms with van der Waals surface area (Å²) in [5.41, 5.74) is 7.64. The molecule has 0 aromatic carbocycles. The molecule has 3 atom stereocenters. The van der Waals surface area contributed by atoms with Gasteiger partial charge < -0.3 is 90.1 Å². The van der Waals surface area contributed by atoms with Crippen molar-refractivity contribution in [1.82, 2.24) is 142 Å². The highest BCUT2D eigenvalue weighted by atomic mass is 19.4. The molecule has 0 aliphatic carbocycles. The minimum atomic E-state index is -4.56. The van der Waals surface area contributed by atoms with Crippen LogP contribution >= 0.6 is 0 Å². The van der Waals surface area contributed by atoms with Gasteiger partial charge in [-0.25, -0.2) is 115 Å². The van der Waals surface area contributed by atoms with Gasteiger partial charge in [-0.3, -0.25) is 9.55 Å². The summed E-state index contributed by atoms with van der Waals surface area (Å²) >= 11 is 0. The topological polar surface area (TPSA) is 443 Å². The molecule has 5 saturated heterocycles. The van der Waals surface area contributed by atoms with E-state index in [2.05, 4.69) is 126 Å². The van der Waals surface area contributed by atoms with Crippen molar-refractivity contribution in [2.75, 3.05) is 182 Å². The summed E-state index contributed by atoms with van der Waals surface area (Å²) in [7, 11) is 0. The number of alkyl halides is 3. The molecule has 0 bridgehead atoms. The molecule has 0 N–H and O–H groups in total. The average molecular weight is 1990 g/mol. The zero-order valence-electron chi connectivity index (χ0n) is 88.6. The maximum atomic E-state index is 13.5. The zero-order chi connectivity index (χ0) is 105. The van der Waals surface area contributed by atoms with Crippen molar-refractivity contribution in [2.45, 2.75) is 170 Å². The number of aryl methyl sites for hydroxylation is 5. The van der Waals surface area contributed by atoms with E-state index in [-0.39, 0.29) is 38.0 Å². The van der Waals surface area contributed by atoms with E-state index in [1.807, 2.05) is 70.4 Å². The second-order valence-electron chi connectivity index (χ2n) is 37.2. The summed E-state index contributed by atoms with van der Waals surface area (Å²) in [5.74, 6) is 11.0. The molecule has 15 aromatic heterocycles. The van der Waals surface area contributed by atoms with E-state index in [9.17, 15) is 13.2 Å². The first-order valence-corrected chi connectivity index (χ1v) is 48.7. The molecular formula is C98H115F3N34O10. The molecule has 10 aliphatic heterocycles. The summed E-state index contributed by atoms with van der Waals surface area (Å²) in [6.45, 7) is 33.5. The Balaban J connectivity index is 0.000000110. The largest absolute Gasteiger partial charge is 0.486 e. The first-order chi connectivity index (χ1) is 72.6. The molecule has 1 unspecified atom stereocenters. The Kier molecular flexibility index (Phi) is 24.8. The van der Waals surface area contributed by atoms with E-state index in [0.29, 0.717) is 191 Å². The highest BCUT2D eigenvalue weighted by Gasteiger charge is 2.48. The lowest BCUT2D eigenvalue weighted by molar-refractivity contribution is -0.233. The predicted molar refractivity (Wildman–Crippen MR) is 528 cm³/mol. The number of morpholine rings is 5. The zero-order valence-corrected chi connectivity index (χ0v) is 82.6. The van der Waals surface area contributed by atoms with E-state index >= 15 is 0 Å². The van der Waals surface area contributed by atoms with Gasteiger partial charge in [0.25, 0.3) is 0 Å². The fraction of sp³-hybridized carbons (Fsp3) is 0.510. The number of hydrogen-bond acceptors (Lipinski definition) is 39. The smallest absolute Gasteiger partial charge is 0.421 e. The maximum Gasteiger partial charge on any atom is 0.421 e. The molecular weight excluding hydrogens is 1870 g/mol. The molecule has 0 amide bonds. The Bertz CT molecular complexity index is 7380. The van der Waals surface area contributed by atoms with Crippen molar-refractivity contribution in [2.24, 2.45) is 0 Å². The van der Waals surface area contributed by atoms with Crippen molar-refractivity contribution in [1.29, 1.82) is 0 Å². The Labute approximate surface area is 840 Å². The standard InChI is InChI=1S/C20H23N7O2.2C20H25N7O2.C19H19F3N6O2.C19H23N7O2/c1-12-11-29-20(3,4)19-23-15-17(26-5-7-28-8-6-26)24-16(25-18(15)27(12)19)14-9-21-13(2)22-10-14;2*1-4-20(3)19-23-15-17(26-5-8-28-9-6-26)24-16(14-11-21-13(2)22-12-14)25-18(15)27(19)7-10-29-20;1-11-2-3-12(10-23-11)15-25-16(27-4-7-29-8-5-27)13-17(26-15)28-6-9-30-14(18(28)24-13)19(20,21)22;1-12-20-10-13(11-21-12)15-23-16(25-4-7-27-8-5-25)14-17(24-15)26-6-9-28-19(2,3)18(26)22-14/h9-11H,5-8H2,1-4H3;2*11-12H,4-10H2,1-3H3;2-3,10,14H,4-9H2,1H3;10-11H,4-9H2,1-3H3/t;2*20-;;/m.10../s1/i;;;;2D3,3D3. The third-order valence-electron chi connectivity index (χ3n) is 27.0. The number of halogens is 3. The summed E-state index contributed by atoms with van der Waals surface area (Å²) in [6.07, 6.45) is 12.3. The first kappa shape index (κ1) is 90.0. The average Bonchev–Trinajstić information content (AvgIpc) is 1.55. The van der Waals surface area contributed by atoms with Gasteiger partial charge in [-0.15, -0.1) is 0 Å². The van der Waals surface area contributed by atoms with Gasteiger partial charge in [0.2, 0.25) is 6.10 Å². The van der Waals surface area contributed by atoms with E-state index in [4.69, 9.17) is 105 Å². The van der Waals surface area contributed by atoms with Crippen LogP contribution in [0, 0.1) is 34.6 Å². The molecule has 5 fully saturated rings. The molecule has 0 saturated carbocycles. The predicted octanol–water partition coefficient (Wildman–Crippen LogP) is 11.0. The molecule has 25 rings (SSSR count). The minimum Gasteiger partial charge on any atom is -0.486 e. The first-order valence-electron chi connectivity index (χ1n) is 51.7. The van der Waals surface area contributed by atoms with Crippen LogP contribution in [0.2, 0.25) is 0 Å². The molecule has 145 heavy (non-hydrogen) atoms. The quantitative estimate of drug-likeness (QED) is 0.110. The fourth-order valence-corrected chi connectivity index (χ4v) is 18.7. The number of pyridine rings is 1. The van der Waals surface area contributed by atoms with Crippen LogP contribution in [0.25, 0.3) is 118 Å². The molecule has 10 aliphatic rings. The molecule has 758 valence electrons. The molecule has 25 heterocycles. The second-order valence-corrected chi connectivity index (χ2v) is 37.2. The Morgan fingerprint density at radius 3 is 0.993 bits per heavy atom. The highest BCUT2D eigenvalue weighted by molar-refractivity contribution is 5.92. The van der Waals surface area contributed by atoms with Crippen LogP contribution in [0.5, 0.6) is 0 Å². The van der Waals surface area contributed by atoms with Crippen LogP contribution in [0.15, 0.2) is 74.2 Å². The van der Waals surface area contributed by atoms with Gasteiger partial charge in [0.05, 0.1) is 120 Å². The van der Waals surface area contributed by atoms with Gasteiger partial charge in [-0.2, -0.15) is 13.2 Å². The van der Waals surface area contributed by atoms with Gasteiger partial charge >= 0.3 is 6.18 Å². The summed E-state index contributed by atoms with van der Waals surface area (Å²) in [6, 6.07) is 3.69. The Morgan fingerprint density at radius 1 is 0.331 bits per heavy atom. The Hall–Kier alpha value is -13.8. The highest BCUT2D eigenvalue weighted by Crippen LogP contribution is 2.46. The van der Waals surface area contributed by atoms with Gasteiger partial charge in [0.1, 0.15) is 69.7 Å². The van der Waals surface area contributed by atoms with E-state index in [0.717, 1.165) is 173 Å².